The zero-order chi connectivity index (χ0) is 37.4. The summed E-state index contributed by atoms with van der Waals surface area (Å²) in [5.41, 5.74) is 13.7. The highest BCUT2D eigenvalue weighted by molar-refractivity contribution is 6.05. The van der Waals surface area contributed by atoms with E-state index in [0.29, 0.717) is 31.3 Å². The topological polar surface area (TPSA) is 83.8 Å². The van der Waals surface area contributed by atoms with Crippen LogP contribution in [0.15, 0.2) is 82.1 Å². The van der Waals surface area contributed by atoms with Gasteiger partial charge in [0.2, 0.25) is 0 Å². The van der Waals surface area contributed by atoms with Gasteiger partial charge in [-0.3, -0.25) is 19.8 Å². The molecule has 2 bridgehead atoms. The van der Waals surface area contributed by atoms with Crippen molar-refractivity contribution in [2.45, 2.75) is 123 Å². The summed E-state index contributed by atoms with van der Waals surface area (Å²) in [6.45, 7) is 16.7. The second-order valence-corrected chi connectivity index (χ2v) is 17.8. The second kappa shape index (κ2) is 13.0. The molecule has 2 unspecified atom stereocenters. The fraction of sp³-hybridized carbons (Fsp3) is 0.467. The lowest BCUT2D eigenvalue weighted by atomic mass is 9.80. The van der Waals surface area contributed by atoms with Gasteiger partial charge in [-0.05, 0) is 131 Å². The molecule has 8 rings (SSSR count). The third-order valence-electron chi connectivity index (χ3n) is 11.3. The molecule has 1 saturated carbocycles. The van der Waals surface area contributed by atoms with E-state index < -0.39 is 11.2 Å². The SMILES string of the molecule is CC1=C[C@@H](C2=NC=C(c3ccc(-c4ccc(C5=CN=C([C@@H]6C=C(C)CN6C(=O)OC(C)(C)C)C5)c5c4C4CCC5C4)cc3)C2)N(C(=O)OC(C)(C)C)C1. The van der Waals surface area contributed by atoms with Crippen LogP contribution in [0.2, 0.25) is 0 Å². The molecule has 4 heterocycles. The van der Waals surface area contributed by atoms with Crippen molar-refractivity contribution in [2.75, 3.05) is 13.1 Å². The van der Waals surface area contributed by atoms with Gasteiger partial charge in [0.1, 0.15) is 11.2 Å². The molecular weight excluding hydrogens is 661 g/mol. The van der Waals surface area contributed by atoms with E-state index in [9.17, 15) is 9.59 Å². The fourth-order valence-electron chi connectivity index (χ4n) is 9.12. The Morgan fingerprint density at radius 1 is 0.642 bits per heavy atom. The number of hydrogen-bond donors (Lipinski definition) is 0. The monoisotopic (exact) mass is 712 g/mol. The number of carbonyl (C=O) groups is 2. The Morgan fingerprint density at radius 2 is 1.09 bits per heavy atom. The number of rotatable bonds is 5. The predicted molar refractivity (Wildman–Crippen MR) is 212 cm³/mol. The average molecular weight is 713 g/mol. The van der Waals surface area contributed by atoms with Crippen molar-refractivity contribution in [3.8, 4) is 11.1 Å². The zero-order valence-electron chi connectivity index (χ0n) is 32.5. The Kier molecular flexibility index (Phi) is 8.66. The lowest BCUT2D eigenvalue weighted by molar-refractivity contribution is 0.0264. The molecule has 8 nitrogen and oxygen atoms in total. The Bertz CT molecular complexity index is 2070. The second-order valence-electron chi connectivity index (χ2n) is 17.8. The largest absolute Gasteiger partial charge is 0.444 e. The first-order chi connectivity index (χ1) is 25.1. The first-order valence-electron chi connectivity index (χ1n) is 19.2. The molecule has 0 radical (unpaired) electrons. The van der Waals surface area contributed by atoms with Crippen LogP contribution >= 0.6 is 0 Å². The molecule has 0 spiro atoms. The van der Waals surface area contributed by atoms with Crippen LogP contribution in [0.3, 0.4) is 0 Å². The number of ether oxygens (including phenoxy) is 2. The number of benzene rings is 2. The van der Waals surface area contributed by atoms with Gasteiger partial charge in [-0.25, -0.2) is 9.59 Å². The maximum absolute atomic E-state index is 13.2. The lowest BCUT2D eigenvalue weighted by Crippen LogP contribution is -2.43. The van der Waals surface area contributed by atoms with E-state index >= 15 is 0 Å². The van der Waals surface area contributed by atoms with Crippen molar-refractivity contribution in [1.29, 1.82) is 0 Å². The standard InChI is InChI=1S/C45H52N4O4/c1-26-17-38(48(24-26)42(50)52-44(3,4)5)36-20-32(22-46-36)28-9-11-29(12-10-28)34-15-16-35(41-31-14-13-30(19-31)40(34)41)33-21-37(47-23-33)39-18-27(2)25-49(39)43(51)53-45(6,7)8/h9-12,15-18,22-23,30-31,38-39H,13-14,19-21,24-25H2,1-8H3/t30?,31?,38-,39-/m0/s1. The summed E-state index contributed by atoms with van der Waals surface area (Å²) in [6, 6.07) is 13.3. The summed E-state index contributed by atoms with van der Waals surface area (Å²) in [4.78, 5) is 39.6. The maximum atomic E-state index is 13.2. The fourth-order valence-corrected chi connectivity index (χ4v) is 9.12. The van der Waals surface area contributed by atoms with Crippen LogP contribution in [0, 0.1) is 0 Å². The molecule has 0 N–H and O–H groups in total. The quantitative estimate of drug-likeness (QED) is 0.289. The predicted octanol–water partition coefficient (Wildman–Crippen LogP) is 10.2. The van der Waals surface area contributed by atoms with E-state index in [1.54, 1.807) is 4.90 Å². The van der Waals surface area contributed by atoms with Crippen LogP contribution in [-0.2, 0) is 9.47 Å². The Hall–Kier alpha value is -4.72. The lowest BCUT2D eigenvalue weighted by Gasteiger charge is -2.29. The first-order valence-corrected chi connectivity index (χ1v) is 19.2. The maximum Gasteiger partial charge on any atom is 0.411 e. The Balaban J connectivity index is 0.985. The Morgan fingerprint density at radius 3 is 1.62 bits per heavy atom. The van der Waals surface area contributed by atoms with Gasteiger partial charge in [0.05, 0.1) is 12.1 Å². The molecule has 4 atom stereocenters. The molecule has 2 aliphatic carbocycles. The zero-order valence-corrected chi connectivity index (χ0v) is 32.5. The number of hydrogen-bond acceptors (Lipinski definition) is 6. The van der Waals surface area contributed by atoms with Gasteiger partial charge in [-0.1, -0.05) is 59.7 Å². The number of amides is 2. The molecular formula is C45H52N4O4. The van der Waals surface area contributed by atoms with Crippen molar-refractivity contribution in [3.05, 3.63) is 94.4 Å². The Labute approximate surface area is 314 Å². The number of aliphatic imine (C=N–C) groups is 2. The summed E-state index contributed by atoms with van der Waals surface area (Å²) in [5, 5.41) is 0. The third-order valence-corrected chi connectivity index (χ3v) is 11.3. The molecule has 2 aromatic carbocycles. The van der Waals surface area contributed by atoms with Crippen LogP contribution in [0.1, 0.15) is 122 Å². The van der Waals surface area contributed by atoms with E-state index in [1.165, 1.54) is 52.7 Å². The summed E-state index contributed by atoms with van der Waals surface area (Å²) in [7, 11) is 0. The van der Waals surface area contributed by atoms with Gasteiger partial charge in [-0.15, -0.1) is 0 Å². The minimum atomic E-state index is -0.550. The highest BCUT2D eigenvalue weighted by Gasteiger charge is 2.42. The van der Waals surface area contributed by atoms with Gasteiger partial charge in [0, 0.05) is 49.8 Å². The van der Waals surface area contributed by atoms with Gasteiger partial charge >= 0.3 is 12.2 Å². The van der Waals surface area contributed by atoms with Gasteiger partial charge in [0.25, 0.3) is 0 Å². The molecule has 1 fully saturated rings. The van der Waals surface area contributed by atoms with E-state index in [4.69, 9.17) is 19.5 Å². The number of fused-ring (bicyclic) bond motifs is 5. The molecule has 276 valence electrons. The van der Waals surface area contributed by atoms with Crippen LogP contribution < -0.4 is 0 Å². The molecule has 2 aromatic rings. The minimum absolute atomic E-state index is 0.181. The summed E-state index contributed by atoms with van der Waals surface area (Å²) in [6.07, 6.45) is 12.9. The first kappa shape index (κ1) is 35.3. The van der Waals surface area contributed by atoms with Crippen LogP contribution in [-0.4, -0.2) is 69.8 Å². The molecule has 4 aliphatic heterocycles. The highest BCUT2D eigenvalue weighted by atomic mass is 16.6. The molecule has 6 aliphatic rings. The third kappa shape index (κ3) is 6.81. The summed E-state index contributed by atoms with van der Waals surface area (Å²) >= 11 is 0. The number of carbonyl (C=O) groups excluding carboxylic acids is 2. The van der Waals surface area contributed by atoms with Crippen LogP contribution in [0.25, 0.3) is 22.3 Å². The van der Waals surface area contributed by atoms with E-state index in [2.05, 4.69) is 62.4 Å². The minimum Gasteiger partial charge on any atom is -0.444 e. The van der Waals surface area contributed by atoms with Crippen molar-refractivity contribution in [1.82, 2.24) is 9.80 Å². The number of allylic oxidation sites excluding steroid dienone is 2. The van der Waals surface area contributed by atoms with E-state index in [-0.39, 0.29) is 24.3 Å². The van der Waals surface area contributed by atoms with Gasteiger partial charge in [-0.2, -0.15) is 0 Å². The van der Waals surface area contributed by atoms with E-state index in [1.807, 2.05) is 58.8 Å². The smallest absolute Gasteiger partial charge is 0.411 e. The molecule has 2 amide bonds. The molecule has 8 heteroatoms. The number of nitrogens with zero attached hydrogens (tertiary/aromatic N) is 4. The van der Waals surface area contributed by atoms with Gasteiger partial charge in [0.15, 0.2) is 0 Å². The average Bonchev–Trinajstić information content (AvgIpc) is 3.94. The molecule has 53 heavy (non-hydrogen) atoms. The normalized spacial score (nSPS) is 24.8. The highest BCUT2D eigenvalue weighted by Crippen LogP contribution is 2.58. The van der Waals surface area contributed by atoms with Crippen molar-refractivity contribution in [3.63, 3.8) is 0 Å². The van der Waals surface area contributed by atoms with E-state index in [0.717, 1.165) is 40.1 Å². The molecule has 0 aromatic heterocycles. The summed E-state index contributed by atoms with van der Waals surface area (Å²) in [5.74, 6) is 1.16. The van der Waals surface area contributed by atoms with Crippen molar-refractivity contribution in [2.24, 2.45) is 9.98 Å². The van der Waals surface area contributed by atoms with Crippen LogP contribution in [0.5, 0.6) is 0 Å². The molecule has 0 saturated heterocycles. The summed E-state index contributed by atoms with van der Waals surface area (Å²) < 4.78 is 11.5. The van der Waals surface area contributed by atoms with Crippen LogP contribution in [0.4, 0.5) is 9.59 Å². The van der Waals surface area contributed by atoms with Crippen molar-refractivity contribution < 1.29 is 19.1 Å². The van der Waals surface area contributed by atoms with Crippen molar-refractivity contribution >= 4 is 34.8 Å². The van der Waals surface area contributed by atoms with Gasteiger partial charge < -0.3 is 9.47 Å².